The van der Waals surface area contributed by atoms with E-state index in [1.54, 1.807) is 6.92 Å². The molecule has 1 saturated heterocycles. The minimum absolute atomic E-state index is 0.156. The number of ether oxygens (including phenoxy) is 1. The number of carboxylic acid groups (broad SMARTS) is 1. The first-order chi connectivity index (χ1) is 9.21. The van der Waals surface area contributed by atoms with Crippen molar-refractivity contribution in [3.8, 4) is 0 Å². The van der Waals surface area contributed by atoms with Gasteiger partial charge in [-0.05, 0) is 19.1 Å². The number of carboxylic acids is 1. The highest BCUT2D eigenvalue weighted by Crippen LogP contribution is 2.38. The lowest BCUT2D eigenvalue weighted by Crippen LogP contribution is -2.62. The van der Waals surface area contributed by atoms with Crippen molar-refractivity contribution in [2.75, 3.05) is 24.6 Å². The summed E-state index contributed by atoms with van der Waals surface area (Å²) in [7, 11) is 0. The van der Waals surface area contributed by atoms with Crippen LogP contribution < -0.4 is 4.90 Å². The van der Waals surface area contributed by atoms with Crippen molar-refractivity contribution < 1.29 is 27.8 Å². The van der Waals surface area contributed by atoms with E-state index in [2.05, 4.69) is 4.98 Å². The highest BCUT2D eigenvalue weighted by Gasteiger charge is 2.44. The molecule has 1 N–H and O–H groups in total. The number of aliphatic carboxylic acids is 1. The fraction of sp³-hybridized carbons (Fsp3) is 0.500. The van der Waals surface area contributed by atoms with Crippen LogP contribution in [0.15, 0.2) is 18.3 Å². The van der Waals surface area contributed by atoms with E-state index in [-0.39, 0.29) is 18.9 Å². The van der Waals surface area contributed by atoms with Crippen LogP contribution in [0, 0.1) is 0 Å². The second-order valence-corrected chi connectivity index (χ2v) is 4.86. The van der Waals surface area contributed by atoms with Gasteiger partial charge in [0.05, 0.1) is 18.7 Å². The molecule has 0 spiro atoms. The van der Waals surface area contributed by atoms with Crippen molar-refractivity contribution in [2.24, 2.45) is 0 Å². The Balaban J connectivity index is 2.08. The number of alkyl halides is 3. The maximum absolute atomic E-state index is 12.8. The molecule has 110 valence electrons. The highest BCUT2D eigenvalue weighted by molar-refractivity contribution is 5.68. The van der Waals surface area contributed by atoms with E-state index in [9.17, 15) is 18.0 Å². The molecule has 8 heteroatoms. The average molecular weight is 290 g/mol. The molecule has 0 atom stereocenters. The van der Waals surface area contributed by atoms with Crippen LogP contribution in [0.5, 0.6) is 0 Å². The van der Waals surface area contributed by atoms with Gasteiger partial charge in [-0.1, -0.05) is 0 Å². The second kappa shape index (κ2) is 4.93. The molecule has 20 heavy (non-hydrogen) atoms. The quantitative estimate of drug-likeness (QED) is 0.916. The van der Waals surface area contributed by atoms with E-state index in [0.29, 0.717) is 0 Å². The number of pyridine rings is 1. The number of halogens is 3. The lowest BCUT2D eigenvalue weighted by Gasteiger charge is -2.48. The molecular formula is C12H13F3N2O3. The fourth-order valence-corrected chi connectivity index (χ4v) is 2.11. The predicted molar refractivity (Wildman–Crippen MR) is 63.4 cm³/mol. The third-order valence-corrected chi connectivity index (χ3v) is 2.99. The Hall–Kier alpha value is -1.83. The average Bonchev–Trinajstić information content (AvgIpc) is 2.32. The van der Waals surface area contributed by atoms with Crippen LogP contribution in [0.3, 0.4) is 0 Å². The number of aromatic nitrogens is 1. The summed E-state index contributed by atoms with van der Waals surface area (Å²) in [6, 6.07) is 2.20. The smallest absolute Gasteiger partial charge is 0.419 e. The van der Waals surface area contributed by atoms with Gasteiger partial charge in [0.15, 0.2) is 0 Å². The molecule has 1 aliphatic rings. The first-order valence-electron chi connectivity index (χ1n) is 5.84. The Labute approximate surface area is 113 Å². The molecule has 2 rings (SSSR count). The summed E-state index contributed by atoms with van der Waals surface area (Å²) >= 11 is 0. The van der Waals surface area contributed by atoms with Gasteiger partial charge < -0.3 is 14.7 Å². The van der Waals surface area contributed by atoms with Crippen molar-refractivity contribution in [3.05, 3.63) is 23.9 Å². The Morgan fingerprint density at radius 1 is 1.55 bits per heavy atom. The molecule has 0 saturated carbocycles. The van der Waals surface area contributed by atoms with Gasteiger partial charge in [0.1, 0.15) is 18.0 Å². The van der Waals surface area contributed by atoms with Gasteiger partial charge in [0, 0.05) is 6.20 Å². The Bertz CT molecular complexity index is 513. The minimum Gasteiger partial charge on any atom is -0.480 e. The van der Waals surface area contributed by atoms with Crippen LogP contribution in [0.25, 0.3) is 0 Å². The SMILES string of the molecule is CC1(OCC(=O)O)CN(c2ncccc2C(F)(F)F)C1. The van der Waals surface area contributed by atoms with Crippen LogP contribution >= 0.6 is 0 Å². The zero-order chi connectivity index (χ0) is 15.0. The van der Waals surface area contributed by atoms with Crippen LogP contribution in [-0.2, 0) is 15.7 Å². The Morgan fingerprint density at radius 2 is 2.20 bits per heavy atom. The standard InChI is InChI=1S/C12H13F3N2O3/c1-11(20-5-9(18)19)6-17(7-11)10-8(12(13,14)15)3-2-4-16-10/h2-4H,5-7H2,1H3,(H,18,19). The molecule has 0 radical (unpaired) electrons. The van der Waals surface area contributed by atoms with Gasteiger partial charge in [-0.3, -0.25) is 0 Å². The van der Waals surface area contributed by atoms with E-state index >= 15 is 0 Å². The van der Waals surface area contributed by atoms with Gasteiger partial charge in [0.2, 0.25) is 0 Å². The van der Waals surface area contributed by atoms with Gasteiger partial charge in [-0.2, -0.15) is 13.2 Å². The van der Waals surface area contributed by atoms with E-state index in [4.69, 9.17) is 9.84 Å². The summed E-state index contributed by atoms with van der Waals surface area (Å²) in [5.41, 5.74) is -1.57. The van der Waals surface area contributed by atoms with Crippen molar-refractivity contribution >= 4 is 11.8 Å². The third kappa shape index (κ3) is 3.01. The lowest BCUT2D eigenvalue weighted by atomic mass is 9.95. The van der Waals surface area contributed by atoms with E-state index < -0.39 is 29.9 Å². The maximum Gasteiger partial charge on any atom is 0.419 e. The molecule has 1 aromatic rings. The van der Waals surface area contributed by atoms with Gasteiger partial charge in [-0.25, -0.2) is 9.78 Å². The number of hydrogen-bond acceptors (Lipinski definition) is 4. The largest absolute Gasteiger partial charge is 0.480 e. The first kappa shape index (κ1) is 14.6. The summed E-state index contributed by atoms with van der Waals surface area (Å²) in [5, 5.41) is 8.53. The van der Waals surface area contributed by atoms with Gasteiger partial charge >= 0.3 is 12.1 Å². The Kier molecular flexibility index (Phi) is 3.59. The van der Waals surface area contributed by atoms with E-state index in [1.165, 1.54) is 17.2 Å². The molecule has 5 nitrogen and oxygen atoms in total. The molecule has 1 fully saturated rings. The van der Waals surface area contributed by atoms with Crippen LogP contribution in [-0.4, -0.2) is 41.4 Å². The number of rotatable bonds is 4. The third-order valence-electron chi connectivity index (χ3n) is 2.99. The number of hydrogen-bond donors (Lipinski definition) is 1. The number of anilines is 1. The molecule has 1 aliphatic heterocycles. The predicted octanol–water partition coefficient (Wildman–Crippen LogP) is 1.78. The topological polar surface area (TPSA) is 62.7 Å². The first-order valence-corrected chi connectivity index (χ1v) is 5.84. The highest BCUT2D eigenvalue weighted by atomic mass is 19.4. The second-order valence-electron chi connectivity index (χ2n) is 4.86. The van der Waals surface area contributed by atoms with Crippen molar-refractivity contribution in [3.63, 3.8) is 0 Å². The maximum atomic E-state index is 12.8. The summed E-state index contributed by atoms with van der Waals surface area (Å²) < 4.78 is 43.7. The molecule has 0 aliphatic carbocycles. The fourth-order valence-electron chi connectivity index (χ4n) is 2.11. The van der Waals surface area contributed by atoms with Crippen molar-refractivity contribution in [2.45, 2.75) is 18.7 Å². The zero-order valence-electron chi connectivity index (χ0n) is 10.6. The molecule has 0 bridgehead atoms. The van der Waals surface area contributed by atoms with E-state index in [1.807, 2.05) is 0 Å². The summed E-state index contributed by atoms with van der Waals surface area (Å²) in [5.74, 6) is -1.27. The number of nitrogens with zero attached hydrogens (tertiary/aromatic N) is 2. The van der Waals surface area contributed by atoms with Crippen LogP contribution in [0.4, 0.5) is 19.0 Å². The van der Waals surface area contributed by atoms with Crippen LogP contribution in [0.2, 0.25) is 0 Å². The molecule has 0 aromatic carbocycles. The lowest BCUT2D eigenvalue weighted by molar-refractivity contribution is -0.150. The van der Waals surface area contributed by atoms with Crippen molar-refractivity contribution in [1.29, 1.82) is 0 Å². The van der Waals surface area contributed by atoms with Crippen molar-refractivity contribution in [1.82, 2.24) is 4.98 Å². The molecule has 2 heterocycles. The summed E-state index contributed by atoms with van der Waals surface area (Å²) in [6.45, 7) is 1.52. The normalized spacial score (nSPS) is 17.7. The Morgan fingerprint density at radius 3 is 2.75 bits per heavy atom. The number of carbonyl (C=O) groups is 1. The van der Waals surface area contributed by atoms with E-state index in [0.717, 1.165) is 6.07 Å². The van der Waals surface area contributed by atoms with Gasteiger partial charge in [0.25, 0.3) is 0 Å². The molecule has 1 aromatic heterocycles. The summed E-state index contributed by atoms with van der Waals surface area (Å²) in [6.07, 6.45) is -3.18. The van der Waals surface area contributed by atoms with Crippen LogP contribution in [0.1, 0.15) is 12.5 Å². The summed E-state index contributed by atoms with van der Waals surface area (Å²) in [4.78, 5) is 15.6. The molecule has 0 unspecified atom stereocenters. The zero-order valence-corrected chi connectivity index (χ0v) is 10.6. The minimum atomic E-state index is -4.47. The van der Waals surface area contributed by atoms with Gasteiger partial charge in [-0.15, -0.1) is 0 Å². The molecular weight excluding hydrogens is 277 g/mol. The monoisotopic (exact) mass is 290 g/mol. The molecule has 0 amide bonds.